The first-order chi connectivity index (χ1) is 7.86. The van der Waals surface area contributed by atoms with E-state index in [2.05, 4.69) is 17.2 Å². The van der Waals surface area contributed by atoms with Crippen LogP contribution in [0.15, 0.2) is 18.2 Å². The van der Waals surface area contributed by atoms with Gasteiger partial charge in [-0.05, 0) is 19.4 Å². The van der Waals surface area contributed by atoms with E-state index in [1.54, 1.807) is 0 Å². The van der Waals surface area contributed by atoms with Gasteiger partial charge in [-0.15, -0.1) is 0 Å². The fraction of sp³-hybridized carbons (Fsp3) is 0.583. The number of nitrogens with one attached hydrogen (secondary N) is 1. The monoisotopic (exact) mass is 224 g/mol. The van der Waals surface area contributed by atoms with E-state index in [1.807, 2.05) is 25.1 Å². The SMILES string of the molecule is CCCNc1cccc(OCCOCC)n1. The first kappa shape index (κ1) is 12.8. The highest BCUT2D eigenvalue weighted by atomic mass is 16.5. The zero-order valence-corrected chi connectivity index (χ0v) is 10.0. The number of hydrogen-bond acceptors (Lipinski definition) is 4. The van der Waals surface area contributed by atoms with Gasteiger partial charge in [-0.25, -0.2) is 0 Å². The molecule has 0 aromatic carbocycles. The third kappa shape index (κ3) is 4.98. The van der Waals surface area contributed by atoms with Crippen LogP contribution < -0.4 is 10.1 Å². The Kier molecular flexibility index (Phi) is 6.33. The lowest BCUT2D eigenvalue weighted by atomic mass is 10.4. The molecule has 0 aliphatic carbocycles. The van der Waals surface area contributed by atoms with Gasteiger partial charge in [-0.3, -0.25) is 0 Å². The molecule has 4 heteroatoms. The van der Waals surface area contributed by atoms with Gasteiger partial charge in [-0.1, -0.05) is 13.0 Å². The number of rotatable bonds is 8. The number of ether oxygens (including phenoxy) is 2. The van der Waals surface area contributed by atoms with E-state index in [9.17, 15) is 0 Å². The predicted molar refractivity (Wildman–Crippen MR) is 65.0 cm³/mol. The molecule has 0 amide bonds. The summed E-state index contributed by atoms with van der Waals surface area (Å²) in [6.07, 6.45) is 1.08. The molecular weight excluding hydrogens is 204 g/mol. The van der Waals surface area contributed by atoms with E-state index in [0.29, 0.717) is 19.1 Å². The number of hydrogen-bond donors (Lipinski definition) is 1. The average Bonchev–Trinajstić information content (AvgIpc) is 2.33. The zero-order chi connectivity index (χ0) is 11.6. The van der Waals surface area contributed by atoms with Gasteiger partial charge in [0.15, 0.2) is 0 Å². The molecule has 1 rings (SSSR count). The second-order valence-corrected chi connectivity index (χ2v) is 3.33. The van der Waals surface area contributed by atoms with Crippen molar-refractivity contribution in [1.29, 1.82) is 0 Å². The Balaban J connectivity index is 2.35. The first-order valence-electron chi connectivity index (χ1n) is 5.78. The van der Waals surface area contributed by atoms with Crippen molar-refractivity contribution in [1.82, 2.24) is 4.98 Å². The van der Waals surface area contributed by atoms with Crippen LogP contribution in [-0.4, -0.2) is 31.3 Å². The molecule has 0 saturated carbocycles. The van der Waals surface area contributed by atoms with Gasteiger partial charge < -0.3 is 14.8 Å². The number of aromatic nitrogens is 1. The molecule has 0 atom stereocenters. The maximum atomic E-state index is 5.45. The second-order valence-electron chi connectivity index (χ2n) is 3.33. The maximum absolute atomic E-state index is 5.45. The molecule has 0 bridgehead atoms. The maximum Gasteiger partial charge on any atom is 0.215 e. The lowest BCUT2D eigenvalue weighted by Crippen LogP contribution is -2.08. The molecule has 0 radical (unpaired) electrons. The third-order valence-electron chi connectivity index (χ3n) is 1.96. The van der Waals surface area contributed by atoms with E-state index >= 15 is 0 Å². The van der Waals surface area contributed by atoms with E-state index in [0.717, 1.165) is 25.4 Å². The van der Waals surface area contributed by atoms with Gasteiger partial charge in [-0.2, -0.15) is 4.98 Å². The van der Waals surface area contributed by atoms with Crippen LogP contribution in [0.3, 0.4) is 0 Å². The van der Waals surface area contributed by atoms with Gasteiger partial charge in [0.25, 0.3) is 0 Å². The van der Waals surface area contributed by atoms with Crippen LogP contribution >= 0.6 is 0 Å². The van der Waals surface area contributed by atoms with Gasteiger partial charge in [0, 0.05) is 19.2 Å². The first-order valence-corrected chi connectivity index (χ1v) is 5.78. The molecular formula is C12H20N2O2. The summed E-state index contributed by atoms with van der Waals surface area (Å²) in [5.41, 5.74) is 0. The van der Waals surface area contributed by atoms with Crippen molar-refractivity contribution in [2.45, 2.75) is 20.3 Å². The Morgan fingerprint density at radius 2 is 2.12 bits per heavy atom. The quantitative estimate of drug-likeness (QED) is 0.688. The van der Waals surface area contributed by atoms with Crippen molar-refractivity contribution in [3.05, 3.63) is 18.2 Å². The van der Waals surface area contributed by atoms with Gasteiger partial charge in [0.2, 0.25) is 5.88 Å². The molecule has 0 aliphatic rings. The molecule has 4 nitrogen and oxygen atoms in total. The van der Waals surface area contributed by atoms with Crippen molar-refractivity contribution >= 4 is 5.82 Å². The van der Waals surface area contributed by atoms with Gasteiger partial charge in [0.05, 0.1) is 6.61 Å². The molecule has 16 heavy (non-hydrogen) atoms. The lowest BCUT2D eigenvalue weighted by Gasteiger charge is -2.08. The minimum Gasteiger partial charge on any atom is -0.475 e. The number of anilines is 1. The number of pyridine rings is 1. The lowest BCUT2D eigenvalue weighted by molar-refractivity contribution is 0.108. The summed E-state index contributed by atoms with van der Waals surface area (Å²) < 4.78 is 10.6. The van der Waals surface area contributed by atoms with Crippen molar-refractivity contribution in [2.24, 2.45) is 0 Å². The molecule has 0 spiro atoms. The molecule has 90 valence electrons. The fourth-order valence-electron chi connectivity index (χ4n) is 1.20. The molecule has 0 saturated heterocycles. The highest BCUT2D eigenvalue weighted by Crippen LogP contribution is 2.11. The van der Waals surface area contributed by atoms with Crippen LogP contribution in [-0.2, 0) is 4.74 Å². The van der Waals surface area contributed by atoms with E-state index in [4.69, 9.17) is 9.47 Å². The third-order valence-corrected chi connectivity index (χ3v) is 1.96. The highest BCUT2D eigenvalue weighted by molar-refractivity contribution is 5.36. The van der Waals surface area contributed by atoms with Crippen molar-refractivity contribution < 1.29 is 9.47 Å². The summed E-state index contributed by atoms with van der Waals surface area (Å²) in [4.78, 5) is 4.32. The van der Waals surface area contributed by atoms with E-state index in [1.165, 1.54) is 0 Å². The van der Waals surface area contributed by atoms with Crippen molar-refractivity contribution in [2.75, 3.05) is 31.7 Å². The summed E-state index contributed by atoms with van der Waals surface area (Å²) in [5, 5.41) is 3.21. The van der Waals surface area contributed by atoms with Crippen LogP contribution in [0.4, 0.5) is 5.82 Å². The molecule has 0 fully saturated rings. The normalized spacial score (nSPS) is 10.1. The van der Waals surface area contributed by atoms with Crippen LogP contribution in [0.5, 0.6) is 5.88 Å². The van der Waals surface area contributed by atoms with Crippen molar-refractivity contribution in [3.63, 3.8) is 0 Å². The summed E-state index contributed by atoms with van der Waals surface area (Å²) in [5.74, 6) is 1.50. The molecule has 1 N–H and O–H groups in total. The summed E-state index contributed by atoms with van der Waals surface area (Å²) >= 11 is 0. The molecule has 0 aliphatic heterocycles. The Labute approximate surface area is 97.0 Å². The largest absolute Gasteiger partial charge is 0.475 e. The minimum absolute atomic E-state index is 0.540. The second kappa shape index (κ2) is 7.93. The summed E-state index contributed by atoms with van der Waals surface area (Å²) in [7, 11) is 0. The fourth-order valence-corrected chi connectivity index (χ4v) is 1.20. The van der Waals surface area contributed by atoms with E-state index in [-0.39, 0.29) is 0 Å². The molecule has 1 aromatic heterocycles. The Morgan fingerprint density at radius 1 is 1.25 bits per heavy atom. The minimum atomic E-state index is 0.540. The Morgan fingerprint density at radius 3 is 2.88 bits per heavy atom. The van der Waals surface area contributed by atoms with Crippen LogP contribution in [0.2, 0.25) is 0 Å². The van der Waals surface area contributed by atoms with Gasteiger partial charge in [0.1, 0.15) is 12.4 Å². The standard InChI is InChI=1S/C12H20N2O2/c1-3-8-13-11-6-5-7-12(14-11)16-10-9-15-4-2/h5-7H,3-4,8-10H2,1-2H3,(H,13,14). The van der Waals surface area contributed by atoms with Gasteiger partial charge >= 0.3 is 0 Å². The summed E-state index contributed by atoms with van der Waals surface area (Å²) in [6.45, 7) is 6.87. The molecule has 1 heterocycles. The van der Waals surface area contributed by atoms with Crippen molar-refractivity contribution in [3.8, 4) is 5.88 Å². The molecule has 0 unspecified atom stereocenters. The van der Waals surface area contributed by atoms with E-state index < -0.39 is 0 Å². The number of nitrogens with zero attached hydrogens (tertiary/aromatic N) is 1. The zero-order valence-electron chi connectivity index (χ0n) is 10.0. The van der Waals surface area contributed by atoms with Crippen LogP contribution in [0, 0.1) is 0 Å². The van der Waals surface area contributed by atoms with Crippen LogP contribution in [0.1, 0.15) is 20.3 Å². The summed E-state index contributed by atoms with van der Waals surface area (Å²) in [6, 6.07) is 5.72. The molecule has 1 aromatic rings. The topological polar surface area (TPSA) is 43.4 Å². The highest BCUT2D eigenvalue weighted by Gasteiger charge is 1.97. The van der Waals surface area contributed by atoms with Crippen LogP contribution in [0.25, 0.3) is 0 Å². The Hall–Kier alpha value is -1.29. The predicted octanol–water partition coefficient (Wildman–Crippen LogP) is 2.32. The average molecular weight is 224 g/mol. The Bertz CT molecular complexity index is 292. The smallest absolute Gasteiger partial charge is 0.215 e.